The van der Waals surface area contributed by atoms with Gasteiger partial charge in [-0.25, -0.2) is 9.78 Å². The van der Waals surface area contributed by atoms with Crippen molar-refractivity contribution in [1.82, 2.24) is 14.3 Å². The molecule has 20 heavy (non-hydrogen) atoms. The van der Waals surface area contributed by atoms with E-state index in [9.17, 15) is 9.90 Å². The van der Waals surface area contributed by atoms with Gasteiger partial charge in [-0.1, -0.05) is 24.6 Å². The van der Waals surface area contributed by atoms with Crippen LogP contribution in [0.2, 0.25) is 5.15 Å². The van der Waals surface area contributed by atoms with Crippen LogP contribution in [0.1, 0.15) is 35.6 Å². The van der Waals surface area contributed by atoms with Crippen molar-refractivity contribution in [2.24, 2.45) is 0 Å². The van der Waals surface area contributed by atoms with E-state index in [4.69, 9.17) is 11.6 Å². The molecule has 2 aromatic heterocycles. The highest BCUT2D eigenvalue weighted by atomic mass is 35.5. The van der Waals surface area contributed by atoms with E-state index in [2.05, 4.69) is 16.8 Å². The van der Waals surface area contributed by atoms with Gasteiger partial charge in [-0.15, -0.1) is 0 Å². The fourth-order valence-electron chi connectivity index (χ4n) is 2.90. The third-order valence-electron chi connectivity index (χ3n) is 3.95. The molecular weight excluding hydrogens is 278 g/mol. The summed E-state index contributed by atoms with van der Waals surface area (Å²) in [6, 6.07) is 5.09. The Bertz CT molecular complexity index is 668. The van der Waals surface area contributed by atoms with Gasteiger partial charge >= 0.3 is 5.97 Å². The fraction of sp³-hybridized carbons (Fsp3) is 0.429. The van der Waals surface area contributed by atoms with Gasteiger partial charge in [0.15, 0.2) is 5.15 Å². The Morgan fingerprint density at radius 3 is 3.00 bits per heavy atom. The van der Waals surface area contributed by atoms with Crippen molar-refractivity contribution in [3.63, 3.8) is 0 Å². The summed E-state index contributed by atoms with van der Waals surface area (Å²) >= 11 is 6.16. The van der Waals surface area contributed by atoms with Gasteiger partial charge in [0.05, 0.1) is 5.52 Å². The predicted molar refractivity (Wildman–Crippen MR) is 76.6 cm³/mol. The number of likely N-dealkylation sites (N-methyl/N-ethyl adjacent to an activating group) is 1. The van der Waals surface area contributed by atoms with Crippen LogP contribution in [0.15, 0.2) is 18.2 Å². The number of hydrogen-bond acceptors (Lipinski definition) is 3. The number of pyridine rings is 1. The molecule has 0 amide bonds. The van der Waals surface area contributed by atoms with Crippen LogP contribution in [-0.2, 0) is 0 Å². The molecule has 1 fully saturated rings. The highest BCUT2D eigenvalue weighted by molar-refractivity contribution is 6.32. The van der Waals surface area contributed by atoms with Crippen LogP contribution >= 0.6 is 11.6 Å². The highest BCUT2D eigenvalue weighted by Crippen LogP contribution is 2.30. The molecule has 0 bridgehead atoms. The molecule has 6 heteroatoms. The Labute approximate surface area is 121 Å². The predicted octanol–water partition coefficient (Wildman–Crippen LogP) is 2.50. The molecule has 1 aliphatic heterocycles. The Morgan fingerprint density at radius 2 is 2.35 bits per heavy atom. The van der Waals surface area contributed by atoms with E-state index in [1.54, 1.807) is 22.6 Å². The van der Waals surface area contributed by atoms with Gasteiger partial charge in [-0.2, -0.15) is 0 Å². The number of carboxylic acids is 1. The van der Waals surface area contributed by atoms with Crippen molar-refractivity contribution in [2.45, 2.75) is 19.3 Å². The van der Waals surface area contributed by atoms with Crippen molar-refractivity contribution >= 4 is 23.1 Å². The SMILES string of the molecule is CCN1CCC(c2nc(Cl)c3cccc(C(=O)O)n23)C1. The van der Waals surface area contributed by atoms with Crippen LogP contribution in [0.3, 0.4) is 0 Å². The quantitative estimate of drug-likeness (QED) is 0.944. The Kier molecular flexibility index (Phi) is 3.40. The van der Waals surface area contributed by atoms with E-state index in [1.807, 2.05) is 0 Å². The van der Waals surface area contributed by atoms with Crippen molar-refractivity contribution in [2.75, 3.05) is 19.6 Å². The molecule has 0 aromatic carbocycles. The molecule has 0 radical (unpaired) electrons. The van der Waals surface area contributed by atoms with Crippen molar-refractivity contribution < 1.29 is 9.90 Å². The monoisotopic (exact) mass is 293 g/mol. The zero-order chi connectivity index (χ0) is 14.3. The highest BCUT2D eigenvalue weighted by Gasteiger charge is 2.28. The Balaban J connectivity index is 2.14. The average molecular weight is 294 g/mol. The number of imidazole rings is 1. The minimum atomic E-state index is -0.962. The number of aromatic carboxylic acids is 1. The van der Waals surface area contributed by atoms with Gasteiger partial charge in [-0.05, 0) is 31.6 Å². The number of fused-ring (bicyclic) bond motifs is 1. The number of carbonyl (C=O) groups is 1. The van der Waals surface area contributed by atoms with Gasteiger partial charge in [0.25, 0.3) is 0 Å². The average Bonchev–Trinajstić information content (AvgIpc) is 3.03. The maximum atomic E-state index is 11.4. The first kappa shape index (κ1) is 13.4. The standard InChI is InChI=1S/C14H16ClN3O2/c1-2-17-7-6-9(8-17)13-16-12(15)10-4-3-5-11(14(19)20)18(10)13/h3-5,9H,2,6-8H2,1H3,(H,19,20). The van der Waals surface area contributed by atoms with Crippen LogP contribution < -0.4 is 0 Å². The first-order valence-electron chi connectivity index (χ1n) is 6.74. The first-order valence-corrected chi connectivity index (χ1v) is 7.12. The van der Waals surface area contributed by atoms with Gasteiger partial charge in [0.1, 0.15) is 11.5 Å². The second-order valence-corrected chi connectivity index (χ2v) is 5.43. The molecule has 0 spiro atoms. The molecule has 1 unspecified atom stereocenters. The van der Waals surface area contributed by atoms with Crippen LogP contribution in [0, 0.1) is 0 Å². The zero-order valence-electron chi connectivity index (χ0n) is 11.2. The number of nitrogens with zero attached hydrogens (tertiary/aromatic N) is 3. The molecule has 1 atom stereocenters. The van der Waals surface area contributed by atoms with Crippen LogP contribution in [0.5, 0.6) is 0 Å². The largest absolute Gasteiger partial charge is 0.477 e. The normalized spacial score (nSPS) is 19.8. The fourth-order valence-corrected chi connectivity index (χ4v) is 3.13. The number of hydrogen-bond donors (Lipinski definition) is 1. The minimum absolute atomic E-state index is 0.215. The molecule has 3 heterocycles. The summed E-state index contributed by atoms with van der Waals surface area (Å²) in [7, 11) is 0. The molecule has 1 N–H and O–H groups in total. The van der Waals surface area contributed by atoms with Crippen molar-refractivity contribution in [3.8, 4) is 0 Å². The van der Waals surface area contributed by atoms with E-state index < -0.39 is 5.97 Å². The Morgan fingerprint density at radius 1 is 1.55 bits per heavy atom. The summed E-state index contributed by atoms with van der Waals surface area (Å²) < 4.78 is 1.69. The van der Waals surface area contributed by atoms with Gasteiger partial charge in [-0.3, -0.25) is 4.40 Å². The van der Waals surface area contributed by atoms with Gasteiger partial charge < -0.3 is 10.0 Å². The molecule has 3 rings (SSSR count). The third kappa shape index (κ3) is 2.07. The van der Waals surface area contributed by atoms with Gasteiger partial charge in [0, 0.05) is 12.5 Å². The molecule has 106 valence electrons. The van der Waals surface area contributed by atoms with E-state index in [1.165, 1.54) is 0 Å². The molecular formula is C14H16ClN3O2. The molecule has 1 aliphatic rings. The number of halogens is 1. The number of aromatic nitrogens is 2. The maximum Gasteiger partial charge on any atom is 0.352 e. The first-order chi connectivity index (χ1) is 9.61. The van der Waals surface area contributed by atoms with Crippen LogP contribution in [-0.4, -0.2) is 45.0 Å². The second kappa shape index (κ2) is 5.07. The van der Waals surface area contributed by atoms with Gasteiger partial charge in [0.2, 0.25) is 0 Å². The number of likely N-dealkylation sites (tertiary alicyclic amines) is 1. The summed E-state index contributed by atoms with van der Waals surface area (Å²) in [6.45, 7) is 5.05. The lowest BCUT2D eigenvalue weighted by Crippen LogP contribution is -2.20. The topological polar surface area (TPSA) is 57.8 Å². The second-order valence-electron chi connectivity index (χ2n) is 5.08. The summed E-state index contributed by atoms with van der Waals surface area (Å²) in [5.41, 5.74) is 0.878. The van der Waals surface area contributed by atoms with E-state index in [0.29, 0.717) is 10.7 Å². The number of rotatable bonds is 3. The summed E-state index contributed by atoms with van der Waals surface area (Å²) in [5, 5.41) is 9.73. The summed E-state index contributed by atoms with van der Waals surface area (Å²) in [6.07, 6.45) is 0.983. The smallest absolute Gasteiger partial charge is 0.352 e. The number of carboxylic acid groups (broad SMARTS) is 1. The summed E-state index contributed by atoms with van der Waals surface area (Å²) in [4.78, 5) is 18.2. The minimum Gasteiger partial charge on any atom is -0.477 e. The van der Waals surface area contributed by atoms with E-state index >= 15 is 0 Å². The van der Waals surface area contributed by atoms with E-state index in [0.717, 1.165) is 31.9 Å². The maximum absolute atomic E-state index is 11.4. The molecule has 5 nitrogen and oxygen atoms in total. The molecule has 0 aliphatic carbocycles. The molecule has 2 aromatic rings. The van der Waals surface area contributed by atoms with Crippen LogP contribution in [0.25, 0.3) is 5.52 Å². The zero-order valence-corrected chi connectivity index (χ0v) is 12.0. The van der Waals surface area contributed by atoms with Crippen molar-refractivity contribution in [1.29, 1.82) is 0 Å². The third-order valence-corrected chi connectivity index (χ3v) is 4.23. The lowest BCUT2D eigenvalue weighted by atomic mass is 10.1. The van der Waals surface area contributed by atoms with Crippen molar-refractivity contribution in [3.05, 3.63) is 34.9 Å². The Hall–Kier alpha value is -1.59. The van der Waals surface area contributed by atoms with Crippen LogP contribution in [0.4, 0.5) is 0 Å². The lowest BCUT2D eigenvalue weighted by molar-refractivity contribution is 0.0688. The lowest BCUT2D eigenvalue weighted by Gasteiger charge is -2.13. The summed E-state index contributed by atoms with van der Waals surface area (Å²) in [5.74, 6) is 0.0330. The molecule has 1 saturated heterocycles. The molecule has 0 saturated carbocycles. The van der Waals surface area contributed by atoms with E-state index in [-0.39, 0.29) is 11.6 Å².